The van der Waals surface area contributed by atoms with Crippen molar-refractivity contribution in [2.24, 2.45) is 11.3 Å². The van der Waals surface area contributed by atoms with Gasteiger partial charge in [-0.2, -0.15) is 0 Å². The highest BCUT2D eigenvalue weighted by Gasteiger charge is 2.46. The molecule has 3 heterocycles. The summed E-state index contributed by atoms with van der Waals surface area (Å²) < 4.78 is 0. The summed E-state index contributed by atoms with van der Waals surface area (Å²) in [5, 5.41) is 11.8. The zero-order valence-electron chi connectivity index (χ0n) is 20.9. The van der Waals surface area contributed by atoms with Crippen molar-refractivity contribution in [2.45, 2.75) is 38.6 Å². The Kier molecular flexibility index (Phi) is 8.89. The first-order valence-electron chi connectivity index (χ1n) is 13.0. The summed E-state index contributed by atoms with van der Waals surface area (Å²) >= 11 is 0. The van der Waals surface area contributed by atoms with Gasteiger partial charge < -0.3 is 25.8 Å². The average molecular weight is 485 g/mol. The number of likely N-dealkylation sites (tertiary alicyclic amines) is 2. The van der Waals surface area contributed by atoms with Gasteiger partial charge in [0, 0.05) is 56.8 Å². The smallest absolute Gasteiger partial charge is 0.239 e. The SMILES string of the molecule is CNCCN1CCC2(C1)CN(CCCCNCc1cccc(NC(=O)C3CCC(=O)NC3=O)c1)C2. The number of benzene rings is 1. The number of carbonyl (C=O) groups is 3. The van der Waals surface area contributed by atoms with Crippen LogP contribution >= 0.6 is 0 Å². The molecule has 0 aliphatic carbocycles. The van der Waals surface area contributed by atoms with Crippen LogP contribution in [0.15, 0.2) is 24.3 Å². The molecule has 3 amide bonds. The van der Waals surface area contributed by atoms with E-state index in [1.165, 1.54) is 52.1 Å². The fourth-order valence-corrected chi connectivity index (χ4v) is 5.56. The number of amides is 3. The molecule has 0 saturated carbocycles. The molecule has 3 aliphatic rings. The minimum Gasteiger partial charge on any atom is -0.325 e. The lowest BCUT2D eigenvalue weighted by molar-refractivity contribution is -0.139. The van der Waals surface area contributed by atoms with E-state index in [4.69, 9.17) is 0 Å². The number of likely N-dealkylation sites (N-methyl/N-ethyl adjacent to an activating group) is 1. The van der Waals surface area contributed by atoms with E-state index >= 15 is 0 Å². The third-order valence-corrected chi connectivity index (χ3v) is 7.47. The molecule has 9 nitrogen and oxygen atoms in total. The fraction of sp³-hybridized carbons (Fsp3) is 0.654. The van der Waals surface area contributed by atoms with Gasteiger partial charge in [0.1, 0.15) is 5.92 Å². The molecule has 4 N–H and O–H groups in total. The molecular formula is C26H40N6O3. The van der Waals surface area contributed by atoms with Crippen molar-refractivity contribution in [3.05, 3.63) is 29.8 Å². The molecule has 3 saturated heterocycles. The van der Waals surface area contributed by atoms with Crippen LogP contribution in [-0.2, 0) is 20.9 Å². The molecule has 35 heavy (non-hydrogen) atoms. The average Bonchev–Trinajstić information content (AvgIpc) is 3.24. The predicted molar refractivity (Wildman–Crippen MR) is 136 cm³/mol. The number of nitrogens with zero attached hydrogens (tertiary/aromatic N) is 2. The Morgan fingerprint density at radius 2 is 1.94 bits per heavy atom. The minimum absolute atomic E-state index is 0.196. The van der Waals surface area contributed by atoms with Crippen LogP contribution in [-0.4, -0.2) is 86.9 Å². The zero-order valence-corrected chi connectivity index (χ0v) is 20.9. The van der Waals surface area contributed by atoms with Gasteiger partial charge in [0.05, 0.1) is 0 Å². The van der Waals surface area contributed by atoms with Crippen molar-refractivity contribution in [3.63, 3.8) is 0 Å². The van der Waals surface area contributed by atoms with Crippen molar-refractivity contribution in [1.82, 2.24) is 25.8 Å². The molecule has 1 aromatic carbocycles. The van der Waals surface area contributed by atoms with E-state index in [1.807, 2.05) is 31.3 Å². The highest BCUT2D eigenvalue weighted by Crippen LogP contribution is 2.39. The number of anilines is 1. The molecule has 1 aromatic rings. The summed E-state index contributed by atoms with van der Waals surface area (Å²) in [6.45, 7) is 10.2. The minimum atomic E-state index is -0.818. The lowest BCUT2D eigenvalue weighted by atomic mass is 9.79. The standard InChI is InChI=1S/C26H40N6O3/c1-27-11-14-31-13-9-26(17-31)18-32(19-26)12-3-2-10-28-16-20-5-4-6-21(15-20)29-24(34)22-7-8-23(33)30-25(22)35/h4-6,15,22,27-28H,2-3,7-14,16-19H2,1H3,(H,29,34)(H,30,33,35). The summed E-state index contributed by atoms with van der Waals surface area (Å²) in [6.07, 6.45) is 4.15. The molecule has 0 aromatic heterocycles. The van der Waals surface area contributed by atoms with Crippen LogP contribution in [0, 0.1) is 11.3 Å². The van der Waals surface area contributed by atoms with E-state index in [9.17, 15) is 14.4 Å². The second kappa shape index (κ2) is 12.1. The molecule has 1 atom stereocenters. The largest absolute Gasteiger partial charge is 0.325 e. The van der Waals surface area contributed by atoms with E-state index in [2.05, 4.69) is 31.1 Å². The molecule has 1 spiro atoms. The third-order valence-electron chi connectivity index (χ3n) is 7.47. The monoisotopic (exact) mass is 484 g/mol. The van der Waals surface area contributed by atoms with E-state index in [0.29, 0.717) is 11.1 Å². The summed E-state index contributed by atoms with van der Waals surface area (Å²) in [6, 6.07) is 7.67. The van der Waals surface area contributed by atoms with Crippen LogP contribution in [0.4, 0.5) is 5.69 Å². The van der Waals surface area contributed by atoms with E-state index < -0.39 is 11.8 Å². The summed E-state index contributed by atoms with van der Waals surface area (Å²) in [5.41, 5.74) is 2.31. The van der Waals surface area contributed by atoms with Crippen molar-refractivity contribution in [2.75, 3.05) is 64.7 Å². The predicted octanol–water partition coefficient (Wildman–Crippen LogP) is 0.775. The lowest BCUT2D eigenvalue weighted by Gasteiger charge is -2.48. The Balaban J connectivity index is 1.08. The quantitative estimate of drug-likeness (QED) is 0.197. The van der Waals surface area contributed by atoms with Crippen LogP contribution < -0.4 is 21.3 Å². The van der Waals surface area contributed by atoms with Crippen LogP contribution in [0.1, 0.15) is 37.7 Å². The van der Waals surface area contributed by atoms with Gasteiger partial charge in [-0.15, -0.1) is 0 Å². The Bertz CT molecular complexity index is 901. The van der Waals surface area contributed by atoms with Crippen LogP contribution in [0.5, 0.6) is 0 Å². The summed E-state index contributed by atoms with van der Waals surface area (Å²) in [7, 11) is 2.02. The second-order valence-corrected chi connectivity index (χ2v) is 10.4. The molecule has 192 valence electrons. The maximum Gasteiger partial charge on any atom is 0.239 e. The first kappa shape index (κ1) is 25.8. The van der Waals surface area contributed by atoms with Crippen molar-refractivity contribution >= 4 is 23.4 Å². The van der Waals surface area contributed by atoms with Crippen molar-refractivity contribution in [3.8, 4) is 0 Å². The first-order valence-corrected chi connectivity index (χ1v) is 13.0. The molecular weight excluding hydrogens is 444 g/mol. The number of carbonyl (C=O) groups excluding carboxylic acids is 3. The molecule has 1 unspecified atom stereocenters. The van der Waals surface area contributed by atoms with Gasteiger partial charge in [-0.25, -0.2) is 0 Å². The van der Waals surface area contributed by atoms with Crippen LogP contribution in [0.2, 0.25) is 0 Å². The maximum atomic E-state index is 12.4. The van der Waals surface area contributed by atoms with E-state index in [1.54, 1.807) is 0 Å². The number of nitrogens with one attached hydrogen (secondary N) is 4. The van der Waals surface area contributed by atoms with Gasteiger partial charge in [0.15, 0.2) is 0 Å². The zero-order chi connectivity index (χ0) is 24.7. The third kappa shape index (κ3) is 7.10. The van der Waals surface area contributed by atoms with Gasteiger partial charge in [-0.1, -0.05) is 12.1 Å². The summed E-state index contributed by atoms with van der Waals surface area (Å²) in [5.74, 6) is -2.01. The number of rotatable bonds is 12. The Morgan fingerprint density at radius 3 is 2.74 bits per heavy atom. The van der Waals surface area contributed by atoms with Gasteiger partial charge >= 0.3 is 0 Å². The number of unbranched alkanes of at least 4 members (excludes halogenated alkanes) is 1. The molecule has 9 heteroatoms. The van der Waals surface area contributed by atoms with Gasteiger partial charge in [-0.05, 0) is 70.1 Å². The normalized spacial score (nSPS) is 22.3. The maximum absolute atomic E-state index is 12.4. The Morgan fingerprint density at radius 1 is 1.11 bits per heavy atom. The van der Waals surface area contributed by atoms with Gasteiger partial charge in [0.2, 0.25) is 17.7 Å². The fourth-order valence-electron chi connectivity index (χ4n) is 5.56. The van der Waals surface area contributed by atoms with Gasteiger partial charge in [-0.3, -0.25) is 19.7 Å². The van der Waals surface area contributed by atoms with Crippen molar-refractivity contribution < 1.29 is 14.4 Å². The molecule has 3 fully saturated rings. The van der Waals surface area contributed by atoms with E-state index in [-0.39, 0.29) is 24.7 Å². The molecule has 0 bridgehead atoms. The second-order valence-electron chi connectivity index (χ2n) is 10.4. The Hall–Kier alpha value is -2.33. The number of piperidine rings is 1. The molecule has 4 rings (SSSR count). The van der Waals surface area contributed by atoms with Crippen LogP contribution in [0.3, 0.4) is 0 Å². The highest BCUT2D eigenvalue weighted by molar-refractivity contribution is 6.12. The first-order chi connectivity index (χ1) is 17.0. The molecule has 3 aliphatic heterocycles. The summed E-state index contributed by atoms with van der Waals surface area (Å²) in [4.78, 5) is 40.8. The topological polar surface area (TPSA) is 106 Å². The van der Waals surface area contributed by atoms with Crippen LogP contribution in [0.25, 0.3) is 0 Å². The lowest BCUT2D eigenvalue weighted by Crippen LogP contribution is -2.57. The number of imide groups is 1. The molecule has 0 radical (unpaired) electrons. The Labute approximate surface area is 208 Å². The highest BCUT2D eigenvalue weighted by atomic mass is 16.2. The van der Waals surface area contributed by atoms with Gasteiger partial charge in [0.25, 0.3) is 0 Å². The number of hydrogen-bond donors (Lipinski definition) is 4. The van der Waals surface area contributed by atoms with Crippen molar-refractivity contribution in [1.29, 1.82) is 0 Å². The van der Waals surface area contributed by atoms with E-state index in [0.717, 1.165) is 31.6 Å². The number of hydrogen-bond acceptors (Lipinski definition) is 7.